The Morgan fingerprint density at radius 2 is 1.76 bits per heavy atom. The minimum Gasteiger partial charge on any atom is -0.348 e. The summed E-state index contributed by atoms with van der Waals surface area (Å²) in [5.41, 5.74) is 1.42. The van der Waals surface area contributed by atoms with E-state index in [9.17, 15) is 9.59 Å². The van der Waals surface area contributed by atoms with Crippen molar-refractivity contribution in [3.63, 3.8) is 0 Å². The highest BCUT2D eigenvalue weighted by Crippen LogP contribution is 2.17. The van der Waals surface area contributed by atoms with Crippen molar-refractivity contribution in [2.75, 3.05) is 0 Å². The standard InChI is InChI=1S/C19H22N4O2/c24-18(21-13-14-6-5-11-20-12-14)16-9-4-10-17(23-16)19(25)22-15-7-2-1-3-8-15/h4-6,9-12,15H,1-3,7-8,13H2,(H,21,24)(H,22,25). The average Bonchev–Trinajstić information content (AvgIpc) is 2.68. The highest BCUT2D eigenvalue weighted by molar-refractivity contribution is 5.96. The molecule has 130 valence electrons. The Morgan fingerprint density at radius 3 is 2.48 bits per heavy atom. The van der Waals surface area contributed by atoms with E-state index in [1.54, 1.807) is 30.6 Å². The number of rotatable bonds is 5. The second kappa shape index (κ2) is 8.37. The number of nitrogens with one attached hydrogen (secondary N) is 2. The molecule has 0 aliphatic heterocycles. The largest absolute Gasteiger partial charge is 0.348 e. The first-order chi connectivity index (χ1) is 12.2. The van der Waals surface area contributed by atoms with E-state index in [-0.39, 0.29) is 29.2 Å². The predicted molar refractivity (Wildman–Crippen MR) is 94.0 cm³/mol. The summed E-state index contributed by atoms with van der Waals surface area (Å²) in [7, 11) is 0. The molecule has 0 radical (unpaired) electrons. The summed E-state index contributed by atoms with van der Waals surface area (Å²) in [5.74, 6) is -0.523. The number of carbonyl (C=O) groups excluding carboxylic acids is 2. The Labute approximate surface area is 147 Å². The monoisotopic (exact) mass is 338 g/mol. The highest BCUT2D eigenvalue weighted by atomic mass is 16.2. The lowest BCUT2D eigenvalue weighted by atomic mass is 9.95. The molecule has 0 atom stereocenters. The molecule has 6 nitrogen and oxygen atoms in total. The van der Waals surface area contributed by atoms with Gasteiger partial charge in [0.1, 0.15) is 11.4 Å². The van der Waals surface area contributed by atoms with Crippen molar-refractivity contribution in [3.05, 3.63) is 59.7 Å². The zero-order chi connectivity index (χ0) is 17.5. The molecule has 1 saturated carbocycles. The minimum atomic E-state index is -0.309. The van der Waals surface area contributed by atoms with Crippen molar-refractivity contribution >= 4 is 11.8 Å². The van der Waals surface area contributed by atoms with Crippen LogP contribution >= 0.6 is 0 Å². The zero-order valence-electron chi connectivity index (χ0n) is 14.1. The third kappa shape index (κ3) is 4.86. The van der Waals surface area contributed by atoms with Crippen LogP contribution in [0.15, 0.2) is 42.7 Å². The molecule has 2 aromatic rings. The molecule has 2 aromatic heterocycles. The van der Waals surface area contributed by atoms with Gasteiger partial charge in [-0.1, -0.05) is 31.4 Å². The van der Waals surface area contributed by atoms with Gasteiger partial charge in [-0.25, -0.2) is 4.98 Å². The van der Waals surface area contributed by atoms with Gasteiger partial charge in [0.15, 0.2) is 0 Å². The number of aromatic nitrogens is 2. The zero-order valence-corrected chi connectivity index (χ0v) is 14.1. The van der Waals surface area contributed by atoms with Crippen LogP contribution in [0.2, 0.25) is 0 Å². The van der Waals surface area contributed by atoms with E-state index in [4.69, 9.17) is 0 Å². The van der Waals surface area contributed by atoms with Gasteiger partial charge >= 0.3 is 0 Å². The number of carbonyl (C=O) groups is 2. The van der Waals surface area contributed by atoms with Crippen LogP contribution < -0.4 is 10.6 Å². The minimum absolute atomic E-state index is 0.214. The van der Waals surface area contributed by atoms with Gasteiger partial charge in [0, 0.05) is 25.0 Å². The van der Waals surface area contributed by atoms with Crippen LogP contribution in [-0.4, -0.2) is 27.8 Å². The van der Waals surface area contributed by atoms with Crippen LogP contribution in [0.4, 0.5) is 0 Å². The molecule has 2 N–H and O–H groups in total. The van der Waals surface area contributed by atoms with Crippen LogP contribution in [-0.2, 0) is 6.54 Å². The van der Waals surface area contributed by atoms with Crippen molar-refractivity contribution in [1.82, 2.24) is 20.6 Å². The van der Waals surface area contributed by atoms with Gasteiger partial charge in [0.2, 0.25) is 0 Å². The Morgan fingerprint density at radius 1 is 1.00 bits per heavy atom. The van der Waals surface area contributed by atoms with Crippen molar-refractivity contribution in [1.29, 1.82) is 0 Å². The lowest BCUT2D eigenvalue weighted by molar-refractivity contribution is 0.0922. The molecule has 0 spiro atoms. The fourth-order valence-electron chi connectivity index (χ4n) is 2.97. The van der Waals surface area contributed by atoms with Crippen molar-refractivity contribution in [2.24, 2.45) is 0 Å². The van der Waals surface area contributed by atoms with E-state index in [1.165, 1.54) is 6.42 Å². The molecular formula is C19H22N4O2. The SMILES string of the molecule is O=C(NCc1cccnc1)c1cccc(C(=O)NC2CCCCC2)n1. The maximum atomic E-state index is 12.4. The quantitative estimate of drug-likeness (QED) is 0.877. The smallest absolute Gasteiger partial charge is 0.270 e. The van der Waals surface area contributed by atoms with Gasteiger partial charge in [-0.15, -0.1) is 0 Å². The lowest BCUT2D eigenvalue weighted by Crippen LogP contribution is -2.36. The lowest BCUT2D eigenvalue weighted by Gasteiger charge is -2.22. The Bertz CT molecular complexity index is 727. The van der Waals surface area contributed by atoms with Gasteiger partial charge in [-0.05, 0) is 36.6 Å². The number of nitrogens with zero attached hydrogens (tertiary/aromatic N) is 2. The second-order valence-electron chi connectivity index (χ2n) is 6.26. The molecule has 0 saturated heterocycles. The van der Waals surface area contributed by atoms with Gasteiger partial charge < -0.3 is 10.6 Å². The molecule has 0 unspecified atom stereocenters. The number of amides is 2. The highest BCUT2D eigenvalue weighted by Gasteiger charge is 2.18. The summed E-state index contributed by atoms with van der Waals surface area (Å²) in [5, 5.41) is 5.81. The molecule has 1 fully saturated rings. The summed E-state index contributed by atoms with van der Waals surface area (Å²) < 4.78 is 0. The molecule has 1 aliphatic carbocycles. The maximum absolute atomic E-state index is 12.4. The Balaban J connectivity index is 1.60. The molecule has 6 heteroatoms. The van der Waals surface area contributed by atoms with E-state index in [0.717, 1.165) is 31.2 Å². The summed E-state index contributed by atoms with van der Waals surface area (Å²) in [4.78, 5) is 32.8. The third-order valence-corrected chi connectivity index (χ3v) is 4.33. The molecule has 25 heavy (non-hydrogen) atoms. The normalized spacial score (nSPS) is 14.7. The average molecular weight is 338 g/mol. The van der Waals surface area contributed by atoms with E-state index in [1.807, 2.05) is 12.1 Å². The first-order valence-corrected chi connectivity index (χ1v) is 8.67. The molecule has 0 aromatic carbocycles. The fraction of sp³-hybridized carbons (Fsp3) is 0.368. The summed E-state index contributed by atoms with van der Waals surface area (Å²) in [6, 6.07) is 8.84. The van der Waals surface area contributed by atoms with Gasteiger partial charge in [0.25, 0.3) is 11.8 Å². The van der Waals surface area contributed by atoms with Gasteiger partial charge in [0.05, 0.1) is 0 Å². The van der Waals surface area contributed by atoms with Crippen LogP contribution in [0.3, 0.4) is 0 Å². The van der Waals surface area contributed by atoms with Crippen molar-refractivity contribution in [3.8, 4) is 0 Å². The van der Waals surface area contributed by atoms with E-state index in [2.05, 4.69) is 20.6 Å². The molecule has 3 rings (SSSR count). The van der Waals surface area contributed by atoms with Crippen molar-refractivity contribution in [2.45, 2.75) is 44.7 Å². The van der Waals surface area contributed by atoms with Crippen LogP contribution in [0.1, 0.15) is 58.6 Å². The van der Waals surface area contributed by atoms with Crippen LogP contribution in [0.25, 0.3) is 0 Å². The summed E-state index contributed by atoms with van der Waals surface area (Å²) in [6.45, 7) is 0.368. The fourth-order valence-corrected chi connectivity index (χ4v) is 2.97. The second-order valence-corrected chi connectivity index (χ2v) is 6.26. The Kier molecular flexibility index (Phi) is 5.72. The van der Waals surface area contributed by atoms with Crippen molar-refractivity contribution < 1.29 is 9.59 Å². The molecule has 0 bridgehead atoms. The third-order valence-electron chi connectivity index (χ3n) is 4.33. The van der Waals surface area contributed by atoms with E-state index in [0.29, 0.717) is 6.54 Å². The first-order valence-electron chi connectivity index (χ1n) is 8.67. The first kappa shape index (κ1) is 17.1. The number of hydrogen-bond acceptors (Lipinski definition) is 4. The number of hydrogen-bond donors (Lipinski definition) is 2. The van der Waals surface area contributed by atoms with Crippen LogP contribution in [0.5, 0.6) is 0 Å². The molecule has 2 heterocycles. The molecule has 1 aliphatic rings. The van der Waals surface area contributed by atoms with Crippen LogP contribution in [0, 0.1) is 0 Å². The van der Waals surface area contributed by atoms with Gasteiger partial charge in [-0.3, -0.25) is 14.6 Å². The Hall–Kier alpha value is -2.76. The molecule has 2 amide bonds. The van der Waals surface area contributed by atoms with Gasteiger partial charge in [-0.2, -0.15) is 0 Å². The maximum Gasteiger partial charge on any atom is 0.270 e. The summed E-state index contributed by atoms with van der Waals surface area (Å²) in [6.07, 6.45) is 8.93. The summed E-state index contributed by atoms with van der Waals surface area (Å²) >= 11 is 0. The number of pyridine rings is 2. The van der Waals surface area contributed by atoms with E-state index >= 15 is 0 Å². The molecular weight excluding hydrogens is 316 g/mol. The predicted octanol–water partition coefficient (Wildman–Crippen LogP) is 2.47. The van der Waals surface area contributed by atoms with E-state index < -0.39 is 0 Å². The topological polar surface area (TPSA) is 84.0 Å².